The minimum atomic E-state index is -0.896. The third-order valence-corrected chi connectivity index (χ3v) is 6.79. The molecular formula is C31H31NO7. The number of aliphatic hydroxyl groups excluding tert-OH is 1. The molecule has 8 nitrogen and oxygen atoms in total. The van der Waals surface area contributed by atoms with Gasteiger partial charge in [-0.1, -0.05) is 38.1 Å². The van der Waals surface area contributed by atoms with Crippen LogP contribution in [0.25, 0.3) is 5.76 Å². The van der Waals surface area contributed by atoms with Crippen LogP contribution in [0.5, 0.6) is 11.5 Å². The number of carbonyl (C=O) groups excluding carboxylic acids is 3. The second-order valence-corrected chi connectivity index (χ2v) is 9.47. The molecular weight excluding hydrogens is 498 g/mol. The largest absolute Gasteiger partial charge is 0.507 e. The van der Waals surface area contributed by atoms with Crippen LogP contribution < -0.4 is 14.4 Å². The summed E-state index contributed by atoms with van der Waals surface area (Å²) in [6.45, 7) is 4.00. The molecule has 3 aromatic rings. The number of esters is 1. The molecule has 1 fully saturated rings. The monoisotopic (exact) mass is 529 g/mol. The quantitative estimate of drug-likeness (QED) is 0.186. The van der Waals surface area contributed by atoms with Crippen molar-refractivity contribution in [2.75, 3.05) is 26.2 Å². The minimum absolute atomic E-state index is 0.0244. The zero-order chi connectivity index (χ0) is 28.3. The molecule has 0 spiro atoms. The third-order valence-electron chi connectivity index (χ3n) is 6.79. The fraction of sp³-hybridized carbons (Fsp3) is 0.258. The number of hydrogen-bond acceptors (Lipinski definition) is 7. The highest BCUT2D eigenvalue weighted by Gasteiger charge is 2.47. The molecule has 1 aliphatic rings. The molecule has 4 rings (SSSR count). The minimum Gasteiger partial charge on any atom is -0.507 e. The molecule has 0 aliphatic carbocycles. The standard InChI is InChI=1S/C31H31NO7/c1-18(2)24-17-21(10-15-25(24)38-4)29(34)27-28(20-8-13-23(37-3)14-9-20)32(31(36)30(27)35)22-11-6-19(7-12-22)16-26(33)39-5/h6-15,17-18,28,34H,16H2,1-5H3/b29-27-. The van der Waals surface area contributed by atoms with Crippen LogP contribution in [0.1, 0.15) is 48.1 Å². The highest BCUT2D eigenvalue weighted by atomic mass is 16.5. The zero-order valence-electron chi connectivity index (χ0n) is 22.6. The first kappa shape index (κ1) is 27.4. The van der Waals surface area contributed by atoms with Crippen molar-refractivity contribution in [3.63, 3.8) is 0 Å². The van der Waals surface area contributed by atoms with Crippen LogP contribution >= 0.6 is 0 Å². The van der Waals surface area contributed by atoms with Gasteiger partial charge in [0.2, 0.25) is 0 Å². The summed E-state index contributed by atoms with van der Waals surface area (Å²) in [4.78, 5) is 40.0. The third kappa shape index (κ3) is 5.36. The van der Waals surface area contributed by atoms with Crippen molar-refractivity contribution in [2.24, 2.45) is 0 Å². The summed E-state index contributed by atoms with van der Waals surface area (Å²) < 4.78 is 15.5. The van der Waals surface area contributed by atoms with Crippen LogP contribution in [0.3, 0.4) is 0 Å². The molecule has 39 heavy (non-hydrogen) atoms. The first-order valence-corrected chi connectivity index (χ1v) is 12.5. The van der Waals surface area contributed by atoms with E-state index in [1.165, 1.54) is 12.0 Å². The normalized spacial score (nSPS) is 16.5. The van der Waals surface area contributed by atoms with Crippen molar-refractivity contribution in [1.29, 1.82) is 0 Å². The molecule has 0 saturated carbocycles. The van der Waals surface area contributed by atoms with Gasteiger partial charge in [0.05, 0.1) is 39.4 Å². The van der Waals surface area contributed by atoms with E-state index in [4.69, 9.17) is 14.2 Å². The number of ether oxygens (including phenoxy) is 3. The van der Waals surface area contributed by atoms with Crippen molar-refractivity contribution in [2.45, 2.75) is 32.2 Å². The Balaban J connectivity index is 1.87. The van der Waals surface area contributed by atoms with Crippen molar-refractivity contribution < 1.29 is 33.7 Å². The van der Waals surface area contributed by atoms with E-state index in [2.05, 4.69) is 0 Å². The van der Waals surface area contributed by atoms with E-state index in [1.54, 1.807) is 80.9 Å². The highest BCUT2D eigenvalue weighted by Crippen LogP contribution is 2.43. The SMILES string of the molecule is COC(=O)Cc1ccc(N2C(=O)C(=O)/C(=C(\O)c3ccc(OC)c(C(C)C)c3)C2c2ccc(OC)cc2)cc1. The van der Waals surface area contributed by atoms with Crippen LogP contribution in [0.2, 0.25) is 0 Å². The molecule has 0 aromatic heterocycles. The van der Waals surface area contributed by atoms with Crippen molar-refractivity contribution >= 4 is 29.1 Å². The van der Waals surface area contributed by atoms with Crippen LogP contribution in [-0.4, -0.2) is 44.1 Å². The molecule has 3 aromatic carbocycles. The van der Waals surface area contributed by atoms with Crippen molar-refractivity contribution in [1.82, 2.24) is 0 Å². The number of benzene rings is 3. The van der Waals surface area contributed by atoms with E-state index >= 15 is 0 Å². The van der Waals surface area contributed by atoms with E-state index in [-0.39, 0.29) is 29.6 Å². The number of nitrogens with zero attached hydrogens (tertiary/aromatic N) is 1. The van der Waals surface area contributed by atoms with Crippen molar-refractivity contribution in [3.8, 4) is 11.5 Å². The van der Waals surface area contributed by atoms with Crippen molar-refractivity contribution in [3.05, 3.63) is 94.6 Å². The summed E-state index contributed by atoms with van der Waals surface area (Å²) in [5.41, 5.74) is 3.00. The Kier molecular flexibility index (Phi) is 8.04. The number of Topliss-reactive ketones (excluding diaryl/α,β-unsaturated/α-hetero) is 1. The van der Waals surface area contributed by atoms with Gasteiger partial charge in [0.15, 0.2) is 0 Å². The lowest BCUT2D eigenvalue weighted by molar-refractivity contribution is -0.139. The molecule has 8 heteroatoms. The number of ketones is 1. The highest BCUT2D eigenvalue weighted by molar-refractivity contribution is 6.51. The van der Waals surface area contributed by atoms with Crippen LogP contribution in [0.4, 0.5) is 5.69 Å². The van der Waals surface area contributed by atoms with Gasteiger partial charge in [-0.3, -0.25) is 19.3 Å². The number of aliphatic hydroxyl groups is 1. The fourth-order valence-electron chi connectivity index (χ4n) is 4.70. The topological polar surface area (TPSA) is 102 Å². The maximum absolute atomic E-state index is 13.5. The molecule has 0 bridgehead atoms. The van der Waals surface area contributed by atoms with Crippen LogP contribution in [-0.2, 0) is 25.5 Å². The summed E-state index contributed by atoms with van der Waals surface area (Å²) in [6, 6.07) is 18.0. The van der Waals surface area contributed by atoms with Gasteiger partial charge in [-0.25, -0.2) is 0 Å². The molecule has 202 valence electrons. The summed E-state index contributed by atoms with van der Waals surface area (Å²) in [7, 11) is 4.44. The molecule has 1 heterocycles. The lowest BCUT2D eigenvalue weighted by Gasteiger charge is -2.26. The Morgan fingerprint density at radius 3 is 2.15 bits per heavy atom. The molecule has 1 N–H and O–H groups in total. The number of rotatable bonds is 8. The van der Waals surface area contributed by atoms with Crippen LogP contribution in [0.15, 0.2) is 72.3 Å². The maximum Gasteiger partial charge on any atom is 0.309 e. The van der Waals surface area contributed by atoms with Gasteiger partial charge in [-0.05, 0) is 65.1 Å². The number of amides is 1. The first-order valence-electron chi connectivity index (χ1n) is 12.5. The predicted octanol–water partition coefficient (Wildman–Crippen LogP) is 5.17. The van der Waals surface area contributed by atoms with E-state index < -0.39 is 17.7 Å². The van der Waals surface area contributed by atoms with Gasteiger partial charge < -0.3 is 19.3 Å². The molecule has 1 atom stereocenters. The van der Waals surface area contributed by atoms with Gasteiger partial charge in [0, 0.05) is 11.3 Å². The summed E-state index contributed by atoms with van der Waals surface area (Å²) in [6.07, 6.45) is 0.0765. The Bertz CT molecular complexity index is 1420. The zero-order valence-corrected chi connectivity index (χ0v) is 22.6. The second kappa shape index (κ2) is 11.4. The van der Waals surface area contributed by atoms with E-state index in [1.807, 2.05) is 13.8 Å². The predicted molar refractivity (Wildman–Crippen MR) is 147 cm³/mol. The summed E-state index contributed by atoms with van der Waals surface area (Å²) >= 11 is 0. The molecule has 1 amide bonds. The Labute approximate surface area is 227 Å². The number of anilines is 1. The Hall–Kier alpha value is -4.59. The second-order valence-electron chi connectivity index (χ2n) is 9.47. The van der Waals surface area contributed by atoms with Gasteiger partial charge in [0.1, 0.15) is 17.3 Å². The number of carbonyl (C=O) groups is 3. The summed E-state index contributed by atoms with van der Waals surface area (Å²) in [5.74, 6) is -0.855. The van der Waals surface area contributed by atoms with Crippen LogP contribution in [0, 0.1) is 0 Å². The fourth-order valence-corrected chi connectivity index (χ4v) is 4.70. The van der Waals surface area contributed by atoms with E-state index in [0.29, 0.717) is 33.9 Å². The van der Waals surface area contributed by atoms with E-state index in [0.717, 1.165) is 5.56 Å². The Morgan fingerprint density at radius 1 is 0.923 bits per heavy atom. The lowest BCUT2D eigenvalue weighted by Crippen LogP contribution is -2.29. The Morgan fingerprint density at radius 2 is 1.59 bits per heavy atom. The number of methoxy groups -OCH3 is 3. The molecule has 1 aliphatic heterocycles. The average Bonchev–Trinajstić information content (AvgIpc) is 3.22. The smallest absolute Gasteiger partial charge is 0.309 e. The summed E-state index contributed by atoms with van der Waals surface area (Å²) in [5, 5.41) is 11.5. The van der Waals surface area contributed by atoms with Gasteiger partial charge in [0.25, 0.3) is 11.7 Å². The van der Waals surface area contributed by atoms with E-state index in [9.17, 15) is 19.5 Å². The first-order chi connectivity index (χ1) is 18.7. The molecule has 0 radical (unpaired) electrons. The average molecular weight is 530 g/mol. The number of hydrogen-bond donors (Lipinski definition) is 1. The van der Waals surface area contributed by atoms with Gasteiger partial charge in [-0.15, -0.1) is 0 Å². The van der Waals surface area contributed by atoms with Gasteiger partial charge >= 0.3 is 5.97 Å². The lowest BCUT2D eigenvalue weighted by atomic mass is 9.93. The molecule has 1 saturated heterocycles. The maximum atomic E-state index is 13.5. The van der Waals surface area contributed by atoms with Gasteiger partial charge in [-0.2, -0.15) is 0 Å². The molecule has 1 unspecified atom stereocenters.